The van der Waals surface area contributed by atoms with Crippen LogP contribution < -0.4 is 5.32 Å². The molecule has 0 bridgehead atoms. The molecule has 1 aliphatic rings. The summed E-state index contributed by atoms with van der Waals surface area (Å²) in [5.41, 5.74) is -0.596. The quantitative estimate of drug-likeness (QED) is 0.791. The Morgan fingerprint density at radius 1 is 1.44 bits per heavy atom. The lowest BCUT2D eigenvalue weighted by Gasteiger charge is -2.41. The molecule has 3 nitrogen and oxygen atoms in total. The Bertz CT molecular complexity index is 255. The van der Waals surface area contributed by atoms with E-state index < -0.39 is 5.60 Å². The summed E-state index contributed by atoms with van der Waals surface area (Å²) in [7, 11) is 2.20. The van der Waals surface area contributed by atoms with Crippen molar-refractivity contribution in [1.82, 2.24) is 10.2 Å². The summed E-state index contributed by atoms with van der Waals surface area (Å²) < 4.78 is 0. The van der Waals surface area contributed by atoms with E-state index in [0.29, 0.717) is 30.5 Å². The summed E-state index contributed by atoms with van der Waals surface area (Å²) in [4.78, 5) is 2.43. The fourth-order valence-corrected chi connectivity index (χ4v) is 2.78. The summed E-state index contributed by atoms with van der Waals surface area (Å²) in [6.45, 7) is 12.7. The number of hydrogen-bond acceptors (Lipinski definition) is 3. The van der Waals surface area contributed by atoms with Gasteiger partial charge >= 0.3 is 0 Å². The zero-order valence-corrected chi connectivity index (χ0v) is 13.0. The maximum absolute atomic E-state index is 10.4. The van der Waals surface area contributed by atoms with E-state index >= 15 is 0 Å². The van der Waals surface area contributed by atoms with E-state index in [9.17, 15) is 5.11 Å². The van der Waals surface area contributed by atoms with Crippen LogP contribution in [0.2, 0.25) is 0 Å². The van der Waals surface area contributed by atoms with Crippen molar-refractivity contribution < 1.29 is 5.11 Å². The Balaban J connectivity index is 2.48. The van der Waals surface area contributed by atoms with E-state index in [4.69, 9.17) is 0 Å². The number of piperidine rings is 1. The molecule has 2 N–H and O–H groups in total. The van der Waals surface area contributed by atoms with Gasteiger partial charge < -0.3 is 15.3 Å². The molecule has 0 aromatic heterocycles. The Morgan fingerprint density at radius 3 is 2.61 bits per heavy atom. The molecule has 0 amide bonds. The first kappa shape index (κ1) is 15.9. The van der Waals surface area contributed by atoms with Gasteiger partial charge in [0.2, 0.25) is 0 Å². The van der Waals surface area contributed by atoms with E-state index in [1.807, 2.05) is 6.92 Å². The maximum Gasteiger partial charge on any atom is 0.0768 e. The Morgan fingerprint density at radius 2 is 2.06 bits per heavy atom. The summed E-state index contributed by atoms with van der Waals surface area (Å²) >= 11 is 0. The van der Waals surface area contributed by atoms with Gasteiger partial charge in [0.25, 0.3) is 0 Å². The lowest BCUT2D eigenvalue weighted by atomic mass is 9.86. The molecule has 0 aromatic carbocycles. The SMILES string of the molecule is CCC(C)C(C)(O)CNC1CC(C)N(C)CC1C. The Labute approximate surface area is 113 Å². The molecule has 1 saturated heterocycles. The fraction of sp³-hybridized carbons (Fsp3) is 1.00. The van der Waals surface area contributed by atoms with Gasteiger partial charge in [-0.05, 0) is 39.2 Å². The van der Waals surface area contributed by atoms with Gasteiger partial charge in [-0.25, -0.2) is 0 Å². The largest absolute Gasteiger partial charge is 0.389 e. The molecule has 1 fully saturated rings. The highest BCUT2D eigenvalue weighted by Crippen LogP contribution is 2.23. The third-order valence-electron chi connectivity index (χ3n) is 5.01. The number of hydrogen-bond donors (Lipinski definition) is 2. The van der Waals surface area contributed by atoms with Crippen LogP contribution in [0.3, 0.4) is 0 Å². The first-order valence-corrected chi connectivity index (χ1v) is 7.44. The van der Waals surface area contributed by atoms with Crippen LogP contribution in [0.1, 0.15) is 47.5 Å². The molecular formula is C15H32N2O. The first-order chi connectivity index (χ1) is 8.27. The average Bonchev–Trinajstić information content (AvgIpc) is 2.31. The predicted octanol–water partition coefficient (Wildman–Crippen LogP) is 2.10. The second-order valence-electron chi connectivity index (χ2n) is 6.66. The second-order valence-corrected chi connectivity index (χ2v) is 6.66. The highest BCUT2D eigenvalue weighted by Gasteiger charge is 2.32. The molecule has 0 saturated carbocycles. The molecule has 0 radical (unpaired) electrons. The van der Waals surface area contributed by atoms with Gasteiger partial charge in [0.15, 0.2) is 0 Å². The summed E-state index contributed by atoms with van der Waals surface area (Å²) in [5, 5.41) is 14.0. The molecule has 108 valence electrons. The summed E-state index contributed by atoms with van der Waals surface area (Å²) in [6, 6.07) is 1.17. The van der Waals surface area contributed by atoms with Crippen molar-refractivity contribution >= 4 is 0 Å². The first-order valence-electron chi connectivity index (χ1n) is 7.44. The zero-order valence-electron chi connectivity index (χ0n) is 13.0. The predicted molar refractivity (Wildman–Crippen MR) is 77.7 cm³/mol. The number of rotatable bonds is 5. The number of likely N-dealkylation sites (tertiary alicyclic amines) is 1. The summed E-state index contributed by atoms with van der Waals surface area (Å²) in [5.74, 6) is 0.989. The molecule has 1 heterocycles. The maximum atomic E-state index is 10.4. The van der Waals surface area contributed by atoms with Crippen molar-refractivity contribution in [2.75, 3.05) is 20.1 Å². The minimum Gasteiger partial charge on any atom is -0.389 e. The highest BCUT2D eigenvalue weighted by molar-refractivity contribution is 4.89. The van der Waals surface area contributed by atoms with Crippen LogP contribution in [0.25, 0.3) is 0 Å². The van der Waals surface area contributed by atoms with Gasteiger partial charge in [-0.1, -0.05) is 27.2 Å². The highest BCUT2D eigenvalue weighted by atomic mass is 16.3. The Hall–Kier alpha value is -0.120. The van der Waals surface area contributed by atoms with Crippen LogP contribution in [0.5, 0.6) is 0 Å². The van der Waals surface area contributed by atoms with Crippen molar-refractivity contribution in [2.24, 2.45) is 11.8 Å². The molecule has 0 spiro atoms. The van der Waals surface area contributed by atoms with Crippen LogP contribution in [0.4, 0.5) is 0 Å². The molecule has 0 aromatic rings. The number of nitrogens with one attached hydrogen (secondary N) is 1. The van der Waals surface area contributed by atoms with Crippen molar-refractivity contribution in [1.29, 1.82) is 0 Å². The van der Waals surface area contributed by atoms with Gasteiger partial charge in [-0.3, -0.25) is 0 Å². The average molecular weight is 256 g/mol. The molecule has 1 rings (SSSR count). The molecule has 5 unspecified atom stereocenters. The summed E-state index contributed by atoms with van der Waals surface area (Å²) in [6.07, 6.45) is 2.20. The molecule has 5 atom stereocenters. The van der Waals surface area contributed by atoms with E-state index in [2.05, 4.69) is 45.0 Å². The Kier molecular flexibility index (Phi) is 5.63. The topological polar surface area (TPSA) is 35.5 Å². The van der Waals surface area contributed by atoms with Gasteiger partial charge in [0.05, 0.1) is 5.60 Å². The minimum atomic E-state index is -0.596. The van der Waals surface area contributed by atoms with E-state index in [1.54, 1.807) is 0 Å². The van der Waals surface area contributed by atoms with Gasteiger partial charge in [0, 0.05) is 25.2 Å². The normalized spacial score (nSPS) is 35.2. The van der Waals surface area contributed by atoms with Gasteiger partial charge in [-0.2, -0.15) is 0 Å². The van der Waals surface area contributed by atoms with E-state index in [-0.39, 0.29) is 0 Å². The van der Waals surface area contributed by atoms with Crippen molar-refractivity contribution in [2.45, 2.75) is 65.1 Å². The molecule has 3 heteroatoms. The van der Waals surface area contributed by atoms with Gasteiger partial charge in [0.1, 0.15) is 0 Å². The molecular weight excluding hydrogens is 224 g/mol. The lowest BCUT2D eigenvalue weighted by molar-refractivity contribution is -0.00251. The third kappa shape index (κ3) is 3.94. The van der Waals surface area contributed by atoms with Crippen LogP contribution in [0, 0.1) is 11.8 Å². The van der Waals surface area contributed by atoms with E-state index in [0.717, 1.165) is 13.0 Å². The second kappa shape index (κ2) is 6.36. The fourth-order valence-electron chi connectivity index (χ4n) is 2.78. The standard InChI is InChI=1S/C15H32N2O/c1-7-12(3)15(5,18)10-16-14-8-13(4)17(6)9-11(14)2/h11-14,16,18H,7-10H2,1-6H3. The van der Waals surface area contributed by atoms with Crippen molar-refractivity contribution in [3.05, 3.63) is 0 Å². The minimum absolute atomic E-state index is 0.337. The number of aliphatic hydroxyl groups is 1. The van der Waals surface area contributed by atoms with Gasteiger partial charge in [-0.15, -0.1) is 0 Å². The molecule has 18 heavy (non-hydrogen) atoms. The smallest absolute Gasteiger partial charge is 0.0768 e. The van der Waals surface area contributed by atoms with Crippen LogP contribution in [0.15, 0.2) is 0 Å². The van der Waals surface area contributed by atoms with Crippen LogP contribution in [-0.2, 0) is 0 Å². The van der Waals surface area contributed by atoms with E-state index in [1.165, 1.54) is 6.42 Å². The van der Waals surface area contributed by atoms with Crippen molar-refractivity contribution in [3.63, 3.8) is 0 Å². The monoisotopic (exact) mass is 256 g/mol. The lowest BCUT2D eigenvalue weighted by Crippen LogP contribution is -2.54. The van der Waals surface area contributed by atoms with Crippen molar-refractivity contribution in [3.8, 4) is 0 Å². The van der Waals surface area contributed by atoms with Crippen LogP contribution >= 0.6 is 0 Å². The molecule has 1 aliphatic heterocycles. The number of nitrogens with zero attached hydrogens (tertiary/aromatic N) is 1. The third-order valence-corrected chi connectivity index (χ3v) is 5.01. The van der Waals surface area contributed by atoms with Crippen LogP contribution in [-0.4, -0.2) is 47.8 Å². The molecule has 0 aliphatic carbocycles. The zero-order chi connectivity index (χ0) is 13.9.